The molecule has 13 heteroatoms. The summed E-state index contributed by atoms with van der Waals surface area (Å²) in [6.45, 7) is 3.28. The van der Waals surface area contributed by atoms with Crippen LogP contribution in [0.5, 0.6) is 5.75 Å². The lowest BCUT2D eigenvalue weighted by Gasteiger charge is -2.08. The SMILES string of the molecule is COCCCNC(=O)c1ccc(Cn2nc(-c3nc(-c4ccc(OC(F)(F)F)cc4)no3)nc2C)cc1. The average molecular weight is 516 g/mol. The van der Waals surface area contributed by atoms with E-state index in [9.17, 15) is 18.0 Å². The van der Waals surface area contributed by atoms with Crippen molar-refractivity contribution in [2.24, 2.45) is 0 Å². The summed E-state index contributed by atoms with van der Waals surface area (Å²) in [4.78, 5) is 20.8. The third kappa shape index (κ3) is 6.91. The molecule has 1 amide bonds. The highest BCUT2D eigenvalue weighted by molar-refractivity contribution is 5.94. The Morgan fingerprint density at radius 2 is 1.78 bits per heavy atom. The van der Waals surface area contributed by atoms with E-state index in [2.05, 4.69) is 30.3 Å². The molecule has 0 aliphatic carbocycles. The minimum Gasteiger partial charge on any atom is -0.406 e. The molecule has 0 aliphatic rings. The number of rotatable bonds is 10. The van der Waals surface area contributed by atoms with Crippen molar-refractivity contribution in [1.82, 2.24) is 30.2 Å². The molecule has 0 saturated heterocycles. The van der Waals surface area contributed by atoms with E-state index in [1.165, 1.54) is 12.1 Å². The zero-order valence-electron chi connectivity index (χ0n) is 20.0. The van der Waals surface area contributed by atoms with Crippen LogP contribution < -0.4 is 10.1 Å². The molecule has 10 nitrogen and oxygen atoms in total. The molecule has 0 radical (unpaired) electrons. The lowest BCUT2D eigenvalue weighted by molar-refractivity contribution is -0.274. The van der Waals surface area contributed by atoms with E-state index in [1.807, 2.05) is 12.1 Å². The van der Waals surface area contributed by atoms with Gasteiger partial charge in [0.1, 0.15) is 11.6 Å². The summed E-state index contributed by atoms with van der Waals surface area (Å²) >= 11 is 0. The molecule has 4 rings (SSSR count). The molecule has 1 N–H and O–H groups in total. The van der Waals surface area contributed by atoms with Gasteiger partial charge >= 0.3 is 6.36 Å². The molecule has 2 aromatic carbocycles. The third-order valence-electron chi connectivity index (χ3n) is 5.18. The first kappa shape index (κ1) is 25.8. The molecule has 0 bridgehead atoms. The van der Waals surface area contributed by atoms with Gasteiger partial charge in [0.05, 0.1) is 6.54 Å². The van der Waals surface area contributed by atoms with Crippen LogP contribution in [0.3, 0.4) is 0 Å². The maximum absolute atomic E-state index is 12.3. The summed E-state index contributed by atoms with van der Waals surface area (Å²) in [6, 6.07) is 12.2. The number of benzene rings is 2. The van der Waals surface area contributed by atoms with Crippen molar-refractivity contribution in [2.75, 3.05) is 20.3 Å². The van der Waals surface area contributed by atoms with E-state index in [1.54, 1.807) is 30.8 Å². The number of carbonyl (C=O) groups is 1. The fraction of sp³-hybridized carbons (Fsp3) is 0.292. The normalized spacial score (nSPS) is 11.5. The summed E-state index contributed by atoms with van der Waals surface area (Å²) in [6.07, 6.45) is -4.04. The average Bonchev–Trinajstić information content (AvgIpc) is 3.49. The zero-order valence-corrected chi connectivity index (χ0v) is 20.0. The van der Waals surface area contributed by atoms with E-state index in [0.29, 0.717) is 36.6 Å². The van der Waals surface area contributed by atoms with Crippen LogP contribution in [-0.4, -0.2) is 57.4 Å². The van der Waals surface area contributed by atoms with Gasteiger partial charge in [0.2, 0.25) is 11.6 Å². The van der Waals surface area contributed by atoms with Crippen LogP contribution in [-0.2, 0) is 11.3 Å². The molecule has 0 saturated carbocycles. The number of hydrogen-bond acceptors (Lipinski definition) is 8. The molecular formula is C24H23F3N6O4. The number of hydrogen-bond donors (Lipinski definition) is 1. The minimum absolute atomic E-state index is 0.0629. The number of amides is 1. The zero-order chi connectivity index (χ0) is 26.4. The molecular weight excluding hydrogens is 493 g/mol. The van der Waals surface area contributed by atoms with E-state index in [-0.39, 0.29) is 29.2 Å². The van der Waals surface area contributed by atoms with Crippen LogP contribution in [0.15, 0.2) is 53.1 Å². The number of halogens is 3. The molecule has 194 valence electrons. The molecule has 2 heterocycles. The number of aromatic nitrogens is 5. The summed E-state index contributed by atoms with van der Waals surface area (Å²) < 4.78 is 52.8. The van der Waals surface area contributed by atoms with E-state index in [4.69, 9.17) is 9.26 Å². The van der Waals surface area contributed by atoms with Gasteiger partial charge in [0, 0.05) is 31.4 Å². The highest BCUT2D eigenvalue weighted by atomic mass is 19.4. The fourth-order valence-corrected chi connectivity index (χ4v) is 3.35. The van der Waals surface area contributed by atoms with Gasteiger partial charge in [-0.25, -0.2) is 9.67 Å². The van der Waals surface area contributed by atoms with Crippen LogP contribution in [0.1, 0.15) is 28.2 Å². The number of carbonyl (C=O) groups excluding carboxylic acids is 1. The second-order valence-electron chi connectivity index (χ2n) is 7.93. The van der Waals surface area contributed by atoms with Crippen molar-refractivity contribution < 1.29 is 32.0 Å². The van der Waals surface area contributed by atoms with Gasteiger partial charge in [-0.05, 0) is 55.3 Å². The Bertz CT molecular complexity index is 1330. The maximum Gasteiger partial charge on any atom is 0.573 e. The lowest BCUT2D eigenvalue weighted by Crippen LogP contribution is -2.25. The van der Waals surface area contributed by atoms with E-state index in [0.717, 1.165) is 24.1 Å². The van der Waals surface area contributed by atoms with Crippen LogP contribution in [0.2, 0.25) is 0 Å². The molecule has 0 atom stereocenters. The Balaban J connectivity index is 1.40. The topological polar surface area (TPSA) is 117 Å². The Morgan fingerprint density at radius 3 is 2.46 bits per heavy atom. The van der Waals surface area contributed by atoms with Crippen molar-refractivity contribution in [2.45, 2.75) is 26.3 Å². The molecule has 2 aromatic heterocycles. The van der Waals surface area contributed by atoms with Gasteiger partial charge < -0.3 is 19.3 Å². The summed E-state index contributed by atoms with van der Waals surface area (Å²) in [5, 5.41) is 11.1. The fourth-order valence-electron chi connectivity index (χ4n) is 3.35. The monoisotopic (exact) mass is 516 g/mol. The largest absolute Gasteiger partial charge is 0.573 e. The summed E-state index contributed by atoms with van der Waals surface area (Å²) in [5.74, 6) is 0.527. The Kier molecular flexibility index (Phi) is 7.82. The lowest BCUT2D eigenvalue weighted by atomic mass is 10.1. The highest BCUT2D eigenvalue weighted by Gasteiger charge is 2.31. The first-order chi connectivity index (χ1) is 17.7. The van der Waals surface area contributed by atoms with Crippen molar-refractivity contribution >= 4 is 5.91 Å². The molecule has 0 aliphatic heterocycles. The summed E-state index contributed by atoms with van der Waals surface area (Å²) in [5.41, 5.74) is 1.89. The Morgan fingerprint density at radius 1 is 1.05 bits per heavy atom. The van der Waals surface area contributed by atoms with Gasteiger partial charge in [-0.15, -0.1) is 18.3 Å². The van der Waals surface area contributed by atoms with Crippen LogP contribution in [0.25, 0.3) is 23.1 Å². The predicted molar refractivity (Wildman–Crippen MR) is 125 cm³/mol. The molecule has 4 aromatic rings. The van der Waals surface area contributed by atoms with Gasteiger partial charge in [0.25, 0.3) is 11.8 Å². The predicted octanol–water partition coefficient (Wildman–Crippen LogP) is 4.02. The van der Waals surface area contributed by atoms with Crippen molar-refractivity contribution in [1.29, 1.82) is 0 Å². The third-order valence-corrected chi connectivity index (χ3v) is 5.18. The van der Waals surface area contributed by atoms with Crippen LogP contribution in [0.4, 0.5) is 13.2 Å². The molecule has 0 fully saturated rings. The van der Waals surface area contributed by atoms with Gasteiger partial charge in [0.15, 0.2) is 0 Å². The first-order valence-corrected chi connectivity index (χ1v) is 11.2. The minimum atomic E-state index is -4.77. The number of ether oxygens (including phenoxy) is 2. The second kappa shape index (κ2) is 11.2. The number of methoxy groups -OCH3 is 1. The van der Waals surface area contributed by atoms with E-state index >= 15 is 0 Å². The van der Waals surface area contributed by atoms with Crippen molar-refractivity contribution in [3.63, 3.8) is 0 Å². The van der Waals surface area contributed by atoms with Crippen molar-refractivity contribution in [3.05, 3.63) is 65.5 Å². The second-order valence-corrected chi connectivity index (χ2v) is 7.93. The highest BCUT2D eigenvalue weighted by Crippen LogP contribution is 2.26. The number of nitrogens with one attached hydrogen (secondary N) is 1. The van der Waals surface area contributed by atoms with E-state index < -0.39 is 6.36 Å². The van der Waals surface area contributed by atoms with Crippen LogP contribution in [0, 0.1) is 6.92 Å². The molecule has 0 unspecified atom stereocenters. The number of alkyl halides is 3. The quantitative estimate of drug-likeness (QED) is 0.314. The smallest absolute Gasteiger partial charge is 0.406 e. The van der Waals surface area contributed by atoms with Gasteiger partial charge in [-0.3, -0.25) is 4.79 Å². The standard InChI is InChI=1S/C24H23F3N6O4/c1-15-29-21(23-30-20(32-37-23)17-8-10-19(11-9-17)36-24(25,26)27)31-33(15)14-16-4-6-18(7-5-16)22(34)28-12-3-13-35-2/h4-11H,3,12-14H2,1-2H3,(H,28,34). The van der Waals surface area contributed by atoms with Crippen molar-refractivity contribution in [3.8, 4) is 28.9 Å². The van der Waals surface area contributed by atoms with Gasteiger partial charge in [-0.2, -0.15) is 4.98 Å². The molecule has 37 heavy (non-hydrogen) atoms. The number of nitrogens with zero attached hydrogens (tertiary/aromatic N) is 5. The Hall–Kier alpha value is -4.26. The summed E-state index contributed by atoms with van der Waals surface area (Å²) in [7, 11) is 1.61. The van der Waals surface area contributed by atoms with Crippen LogP contribution >= 0.6 is 0 Å². The maximum atomic E-state index is 12.3. The first-order valence-electron chi connectivity index (χ1n) is 11.2. The molecule has 0 spiro atoms. The Labute approximate surface area is 209 Å². The van der Waals surface area contributed by atoms with Gasteiger partial charge in [-0.1, -0.05) is 17.3 Å². The number of aryl methyl sites for hydroxylation is 1.